The smallest absolute Gasteiger partial charge is 0.326 e. The average molecular weight is 372 g/mol. The Labute approximate surface area is 166 Å². The number of aromatic nitrogens is 1. The van der Waals surface area contributed by atoms with Gasteiger partial charge in [-0.25, -0.2) is 0 Å². The first-order chi connectivity index (χ1) is 13.2. The fourth-order valence-corrected chi connectivity index (χ4v) is 3.87. The van der Waals surface area contributed by atoms with E-state index >= 15 is 0 Å². The third-order valence-corrected chi connectivity index (χ3v) is 5.00. The molecular formula is C23H25BN2O2. The second-order valence-corrected chi connectivity index (χ2v) is 8.46. The van der Waals surface area contributed by atoms with Crippen molar-refractivity contribution in [1.82, 2.24) is 4.98 Å². The van der Waals surface area contributed by atoms with Gasteiger partial charge in [0.15, 0.2) is 0 Å². The van der Waals surface area contributed by atoms with Crippen molar-refractivity contribution in [3.05, 3.63) is 60.3 Å². The first-order valence-corrected chi connectivity index (χ1v) is 9.61. The van der Waals surface area contributed by atoms with Crippen molar-refractivity contribution in [2.75, 3.05) is 11.4 Å². The van der Waals surface area contributed by atoms with Gasteiger partial charge in [0.1, 0.15) is 20.0 Å². The summed E-state index contributed by atoms with van der Waals surface area (Å²) < 4.78 is 5.56. The molecule has 4 rings (SSSR count). The van der Waals surface area contributed by atoms with Gasteiger partial charge in [-0.2, -0.15) is 0 Å². The molecule has 0 saturated heterocycles. The number of carbonyl (C=O) groups excluding carboxylic acids is 1. The number of ether oxygens (including phenoxy) is 1. The molecular weight excluding hydrogens is 347 g/mol. The number of hydrogen-bond donors (Lipinski definition) is 1. The Morgan fingerprint density at radius 2 is 2.00 bits per heavy atom. The number of para-hydroxylation sites is 1. The molecule has 0 amide bonds. The monoisotopic (exact) mass is 372 g/mol. The number of allylic oxidation sites excluding steroid dienone is 1. The van der Waals surface area contributed by atoms with Crippen LogP contribution in [0.25, 0.3) is 22.2 Å². The average Bonchev–Trinajstić information content (AvgIpc) is 2.90. The highest BCUT2D eigenvalue weighted by molar-refractivity contribution is 6.33. The lowest BCUT2D eigenvalue weighted by atomic mass is 9.93. The predicted octanol–water partition coefficient (Wildman–Crippen LogP) is 3.31. The fourth-order valence-electron chi connectivity index (χ4n) is 3.87. The Kier molecular flexibility index (Phi) is 4.33. The maximum Gasteiger partial charge on any atom is 0.326 e. The number of aromatic amines is 1. The van der Waals surface area contributed by atoms with Crippen LogP contribution in [0.5, 0.6) is 0 Å². The molecule has 2 aromatic carbocycles. The quantitative estimate of drug-likeness (QED) is 0.555. The lowest BCUT2D eigenvalue weighted by molar-refractivity contribution is -0.152. The fraction of sp³-hybridized carbons (Fsp3) is 0.261. The van der Waals surface area contributed by atoms with Crippen LogP contribution in [-0.4, -0.2) is 30.9 Å². The molecule has 142 valence electrons. The SMILES string of the molecule is Bc1ccc2[nH]c3c(c2c1)CC(=C)N(CC(=O)OC(C)(C)C)c1ccccc1-3. The summed E-state index contributed by atoms with van der Waals surface area (Å²) in [6, 6.07) is 14.6. The Hall–Kier alpha value is -2.95. The van der Waals surface area contributed by atoms with E-state index in [9.17, 15) is 4.79 Å². The van der Waals surface area contributed by atoms with E-state index in [4.69, 9.17) is 4.74 Å². The van der Waals surface area contributed by atoms with Crippen molar-refractivity contribution in [3.63, 3.8) is 0 Å². The number of benzene rings is 2. The van der Waals surface area contributed by atoms with Crippen LogP contribution in [0.15, 0.2) is 54.7 Å². The largest absolute Gasteiger partial charge is 0.459 e. The molecule has 5 heteroatoms. The molecule has 1 aliphatic rings. The van der Waals surface area contributed by atoms with Crippen LogP contribution in [0.3, 0.4) is 0 Å². The maximum absolute atomic E-state index is 12.5. The van der Waals surface area contributed by atoms with Crippen LogP contribution in [0.4, 0.5) is 5.69 Å². The van der Waals surface area contributed by atoms with E-state index in [2.05, 4.69) is 43.7 Å². The third-order valence-electron chi connectivity index (χ3n) is 5.00. The molecule has 1 N–H and O–H groups in total. The van der Waals surface area contributed by atoms with E-state index in [1.165, 1.54) is 16.4 Å². The van der Waals surface area contributed by atoms with Gasteiger partial charge < -0.3 is 14.6 Å². The van der Waals surface area contributed by atoms with Gasteiger partial charge in [-0.15, -0.1) is 0 Å². The Morgan fingerprint density at radius 1 is 1.25 bits per heavy atom. The van der Waals surface area contributed by atoms with Gasteiger partial charge in [-0.1, -0.05) is 42.4 Å². The standard InChI is InChI=1S/C23H25BN2O2/c1-14-11-18-17-12-15(24)9-10-19(17)25-22(18)16-7-5-6-8-20(16)26(14)13-21(27)28-23(2,3)4/h5-10,12,25H,1,11,13,24H2,2-4H3. The molecule has 0 atom stereocenters. The Morgan fingerprint density at radius 3 is 2.75 bits per heavy atom. The number of fused-ring (bicyclic) bond motifs is 5. The van der Waals surface area contributed by atoms with Crippen molar-refractivity contribution in [1.29, 1.82) is 0 Å². The van der Waals surface area contributed by atoms with Crippen LogP contribution < -0.4 is 10.4 Å². The first kappa shape index (κ1) is 18.4. The van der Waals surface area contributed by atoms with E-state index in [-0.39, 0.29) is 12.5 Å². The van der Waals surface area contributed by atoms with E-state index in [1.807, 2.05) is 43.9 Å². The van der Waals surface area contributed by atoms with Crippen LogP contribution in [-0.2, 0) is 16.0 Å². The second-order valence-electron chi connectivity index (χ2n) is 8.46. The maximum atomic E-state index is 12.5. The number of nitrogens with one attached hydrogen (secondary N) is 1. The highest BCUT2D eigenvalue weighted by Gasteiger charge is 2.28. The van der Waals surface area contributed by atoms with Gasteiger partial charge in [-0.05, 0) is 38.5 Å². The number of rotatable bonds is 2. The third kappa shape index (κ3) is 3.33. The molecule has 0 spiro atoms. The van der Waals surface area contributed by atoms with Crippen LogP contribution in [0.1, 0.15) is 26.3 Å². The van der Waals surface area contributed by atoms with Gasteiger partial charge in [0.2, 0.25) is 0 Å². The zero-order chi connectivity index (χ0) is 20.1. The zero-order valence-electron chi connectivity index (χ0n) is 16.9. The normalized spacial score (nSPS) is 13.8. The molecule has 28 heavy (non-hydrogen) atoms. The summed E-state index contributed by atoms with van der Waals surface area (Å²) in [6.45, 7) is 10.1. The number of hydrogen-bond acceptors (Lipinski definition) is 3. The van der Waals surface area contributed by atoms with Crippen molar-refractivity contribution in [3.8, 4) is 11.3 Å². The summed E-state index contributed by atoms with van der Waals surface area (Å²) in [4.78, 5) is 18.1. The highest BCUT2D eigenvalue weighted by Crippen LogP contribution is 2.41. The topological polar surface area (TPSA) is 45.3 Å². The van der Waals surface area contributed by atoms with E-state index in [0.29, 0.717) is 6.42 Å². The summed E-state index contributed by atoms with van der Waals surface area (Å²) in [7, 11) is 2.10. The molecule has 0 fully saturated rings. The minimum atomic E-state index is -0.512. The molecule has 1 aromatic heterocycles. The lowest BCUT2D eigenvalue weighted by Crippen LogP contribution is -2.34. The van der Waals surface area contributed by atoms with Gasteiger partial charge in [-0.3, -0.25) is 4.79 Å². The molecule has 3 aromatic rings. The van der Waals surface area contributed by atoms with E-state index in [1.54, 1.807) is 0 Å². The van der Waals surface area contributed by atoms with Gasteiger partial charge >= 0.3 is 5.97 Å². The highest BCUT2D eigenvalue weighted by atomic mass is 16.6. The number of carbonyl (C=O) groups is 1. The predicted molar refractivity (Wildman–Crippen MR) is 118 cm³/mol. The number of nitrogens with zero attached hydrogens (tertiary/aromatic N) is 1. The van der Waals surface area contributed by atoms with Crippen LogP contribution in [0, 0.1) is 0 Å². The Balaban J connectivity index is 1.82. The zero-order valence-corrected chi connectivity index (χ0v) is 16.9. The molecule has 0 bridgehead atoms. The van der Waals surface area contributed by atoms with E-state index in [0.717, 1.165) is 28.2 Å². The van der Waals surface area contributed by atoms with Crippen molar-refractivity contribution in [2.24, 2.45) is 0 Å². The number of anilines is 1. The van der Waals surface area contributed by atoms with Crippen molar-refractivity contribution >= 4 is 35.9 Å². The molecule has 0 radical (unpaired) electrons. The Bertz CT molecular complexity index is 1090. The summed E-state index contributed by atoms with van der Waals surface area (Å²) in [5.41, 5.74) is 7.10. The molecule has 0 aliphatic carbocycles. The summed E-state index contributed by atoms with van der Waals surface area (Å²) >= 11 is 0. The molecule has 1 aliphatic heterocycles. The van der Waals surface area contributed by atoms with Crippen molar-refractivity contribution < 1.29 is 9.53 Å². The lowest BCUT2D eigenvalue weighted by Gasteiger charge is -2.28. The second kappa shape index (κ2) is 6.59. The van der Waals surface area contributed by atoms with Crippen molar-refractivity contribution in [2.45, 2.75) is 32.8 Å². The minimum absolute atomic E-state index is 0.147. The minimum Gasteiger partial charge on any atom is -0.459 e. The van der Waals surface area contributed by atoms with Gasteiger partial charge in [0.25, 0.3) is 0 Å². The summed E-state index contributed by atoms with van der Waals surface area (Å²) in [5.74, 6) is -0.255. The van der Waals surface area contributed by atoms with Gasteiger partial charge in [0.05, 0.1) is 11.4 Å². The van der Waals surface area contributed by atoms with Crippen LogP contribution >= 0.6 is 0 Å². The molecule has 0 saturated carbocycles. The molecule has 2 heterocycles. The first-order valence-electron chi connectivity index (χ1n) is 9.61. The number of esters is 1. The van der Waals surface area contributed by atoms with E-state index < -0.39 is 5.60 Å². The number of H-pyrrole nitrogens is 1. The van der Waals surface area contributed by atoms with Gasteiger partial charge in [0, 0.05) is 28.6 Å². The molecule has 0 unspecified atom stereocenters. The molecule has 4 nitrogen and oxygen atoms in total. The summed E-state index contributed by atoms with van der Waals surface area (Å²) in [6.07, 6.45) is 0.677. The summed E-state index contributed by atoms with van der Waals surface area (Å²) in [5, 5.41) is 1.21. The van der Waals surface area contributed by atoms with Crippen LogP contribution in [0.2, 0.25) is 0 Å².